The quantitative estimate of drug-likeness (QED) is 0.894. The number of carbonyl (C=O) groups excluding carboxylic acids is 2. The third-order valence-corrected chi connectivity index (χ3v) is 4.68. The zero-order valence-electron chi connectivity index (χ0n) is 14.6. The number of hydrogen-bond donors (Lipinski definition) is 2. The molecular formula is C19H21N3O3. The van der Waals surface area contributed by atoms with E-state index < -0.39 is 5.92 Å². The number of nitrogens with one attached hydrogen (secondary N) is 2. The fourth-order valence-corrected chi connectivity index (χ4v) is 3.28. The number of fused-ring (bicyclic) bond motifs is 1. The molecule has 0 bridgehead atoms. The van der Waals surface area contributed by atoms with Crippen LogP contribution in [0.25, 0.3) is 0 Å². The van der Waals surface area contributed by atoms with Crippen molar-refractivity contribution in [2.45, 2.75) is 32.7 Å². The first kappa shape index (κ1) is 17.0. The SMILES string of the molecule is Cc1cc(C)c(CNC(=O)C2CC(=O)N(C)c3ccccc32)c(=O)[nH]1. The minimum Gasteiger partial charge on any atom is -0.351 e. The number of aromatic amines is 1. The molecule has 1 atom stereocenters. The Bertz CT molecular complexity index is 901. The Morgan fingerprint density at radius 1 is 1.28 bits per heavy atom. The van der Waals surface area contributed by atoms with Crippen molar-refractivity contribution in [3.8, 4) is 0 Å². The Balaban J connectivity index is 1.82. The molecule has 0 aliphatic carbocycles. The summed E-state index contributed by atoms with van der Waals surface area (Å²) in [6.07, 6.45) is 0.128. The van der Waals surface area contributed by atoms with Crippen LogP contribution in [-0.2, 0) is 16.1 Å². The minimum atomic E-state index is -0.537. The Morgan fingerprint density at radius 3 is 2.72 bits per heavy atom. The van der Waals surface area contributed by atoms with Gasteiger partial charge in [-0.2, -0.15) is 0 Å². The molecule has 0 radical (unpaired) electrons. The molecule has 1 unspecified atom stereocenters. The molecule has 2 amide bonds. The molecule has 6 heteroatoms. The summed E-state index contributed by atoms with van der Waals surface area (Å²) in [5.41, 5.74) is 3.54. The highest BCUT2D eigenvalue weighted by Gasteiger charge is 2.33. The Kier molecular flexibility index (Phi) is 4.44. The average molecular weight is 339 g/mol. The van der Waals surface area contributed by atoms with E-state index in [1.165, 1.54) is 0 Å². The highest BCUT2D eigenvalue weighted by atomic mass is 16.2. The lowest BCUT2D eigenvalue weighted by atomic mass is 9.89. The molecule has 1 aliphatic heterocycles. The van der Waals surface area contributed by atoms with E-state index in [4.69, 9.17) is 0 Å². The predicted octanol–water partition coefficient (Wildman–Crippen LogP) is 1.76. The van der Waals surface area contributed by atoms with Crippen molar-refractivity contribution in [3.63, 3.8) is 0 Å². The van der Waals surface area contributed by atoms with Crippen LogP contribution in [-0.4, -0.2) is 23.8 Å². The molecule has 2 N–H and O–H groups in total. The van der Waals surface area contributed by atoms with Crippen molar-refractivity contribution in [3.05, 3.63) is 63.1 Å². The molecule has 1 aliphatic rings. The fourth-order valence-electron chi connectivity index (χ4n) is 3.28. The number of para-hydroxylation sites is 1. The lowest BCUT2D eigenvalue weighted by Gasteiger charge is -2.30. The van der Waals surface area contributed by atoms with Gasteiger partial charge in [0.15, 0.2) is 0 Å². The zero-order valence-corrected chi connectivity index (χ0v) is 14.6. The van der Waals surface area contributed by atoms with Crippen LogP contribution in [0.15, 0.2) is 35.1 Å². The summed E-state index contributed by atoms with van der Waals surface area (Å²) in [4.78, 5) is 41.3. The van der Waals surface area contributed by atoms with Crippen molar-refractivity contribution in [2.24, 2.45) is 0 Å². The van der Waals surface area contributed by atoms with Crippen LogP contribution in [0, 0.1) is 13.8 Å². The van der Waals surface area contributed by atoms with Crippen LogP contribution in [0.2, 0.25) is 0 Å². The van der Waals surface area contributed by atoms with Crippen LogP contribution in [0.1, 0.15) is 34.7 Å². The molecule has 0 saturated carbocycles. The van der Waals surface area contributed by atoms with Crippen molar-refractivity contribution in [2.75, 3.05) is 11.9 Å². The van der Waals surface area contributed by atoms with Crippen LogP contribution < -0.4 is 15.8 Å². The number of rotatable bonds is 3. The first-order valence-electron chi connectivity index (χ1n) is 8.21. The number of anilines is 1. The summed E-state index contributed by atoms with van der Waals surface area (Å²) in [6.45, 7) is 3.80. The van der Waals surface area contributed by atoms with Crippen molar-refractivity contribution >= 4 is 17.5 Å². The highest BCUT2D eigenvalue weighted by Crippen LogP contribution is 2.35. The van der Waals surface area contributed by atoms with Gasteiger partial charge in [-0.05, 0) is 37.1 Å². The highest BCUT2D eigenvalue weighted by molar-refractivity contribution is 6.02. The Labute approximate surface area is 145 Å². The summed E-state index contributed by atoms with van der Waals surface area (Å²) in [5.74, 6) is -0.874. The van der Waals surface area contributed by atoms with Gasteiger partial charge < -0.3 is 15.2 Å². The molecule has 0 saturated heterocycles. The molecular weight excluding hydrogens is 318 g/mol. The number of aryl methyl sites for hydroxylation is 2. The number of H-pyrrole nitrogens is 1. The second kappa shape index (κ2) is 6.55. The Hall–Kier alpha value is -2.89. The molecule has 6 nitrogen and oxygen atoms in total. The second-order valence-corrected chi connectivity index (χ2v) is 6.43. The van der Waals surface area contributed by atoms with Gasteiger partial charge in [0.25, 0.3) is 5.56 Å². The first-order valence-corrected chi connectivity index (χ1v) is 8.21. The summed E-state index contributed by atoms with van der Waals surface area (Å²) in [5, 5.41) is 2.82. The smallest absolute Gasteiger partial charge is 0.253 e. The van der Waals surface area contributed by atoms with Gasteiger partial charge in [-0.3, -0.25) is 14.4 Å². The van der Waals surface area contributed by atoms with Gasteiger partial charge in [-0.1, -0.05) is 18.2 Å². The summed E-state index contributed by atoms with van der Waals surface area (Å²) >= 11 is 0. The van der Waals surface area contributed by atoms with Crippen LogP contribution in [0.5, 0.6) is 0 Å². The fraction of sp³-hybridized carbons (Fsp3) is 0.316. The third-order valence-electron chi connectivity index (χ3n) is 4.68. The van der Waals surface area contributed by atoms with E-state index >= 15 is 0 Å². The van der Waals surface area contributed by atoms with Gasteiger partial charge >= 0.3 is 0 Å². The summed E-state index contributed by atoms with van der Waals surface area (Å²) in [7, 11) is 1.71. The molecule has 25 heavy (non-hydrogen) atoms. The largest absolute Gasteiger partial charge is 0.351 e. The average Bonchev–Trinajstić information content (AvgIpc) is 2.57. The van der Waals surface area contributed by atoms with Crippen molar-refractivity contribution in [1.82, 2.24) is 10.3 Å². The van der Waals surface area contributed by atoms with Gasteiger partial charge in [-0.15, -0.1) is 0 Å². The number of nitrogens with zero attached hydrogens (tertiary/aromatic N) is 1. The van der Waals surface area contributed by atoms with Gasteiger partial charge in [-0.25, -0.2) is 0 Å². The maximum Gasteiger partial charge on any atom is 0.253 e. The number of amides is 2. The summed E-state index contributed by atoms with van der Waals surface area (Å²) in [6, 6.07) is 9.28. The number of pyridine rings is 1. The topological polar surface area (TPSA) is 82.3 Å². The normalized spacial score (nSPS) is 16.5. The lowest BCUT2D eigenvalue weighted by molar-refractivity contribution is -0.127. The lowest BCUT2D eigenvalue weighted by Crippen LogP contribution is -2.39. The first-order chi connectivity index (χ1) is 11.9. The van der Waals surface area contributed by atoms with E-state index in [-0.39, 0.29) is 30.3 Å². The molecule has 1 aromatic carbocycles. The van der Waals surface area contributed by atoms with Gasteiger partial charge in [0.2, 0.25) is 11.8 Å². The van der Waals surface area contributed by atoms with Crippen LogP contribution >= 0.6 is 0 Å². The molecule has 130 valence electrons. The van der Waals surface area contributed by atoms with Crippen molar-refractivity contribution < 1.29 is 9.59 Å². The van der Waals surface area contributed by atoms with Gasteiger partial charge in [0, 0.05) is 37.0 Å². The van der Waals surface area contributed by atoms with E-state index in [0.717, 1.165) is 22.5 Å². The van der Waals surface area contributed by atoms with E-state index in [9.17, 15) is 14.4 Å². The molecule has 1 aromatic heterocycles. The van der Waals surface area contributed by atoms with Gasteiger partial charge in [0.1, 0.15) is 0 Å². The minimum absolute atomic E-state index is 0.0942. The molecule has 0 spiro atoms. The maximum absolute atomic E-state index is 12.7. The van der Waals surface area contributed by atoms with E-state index in [1.807, 2.05) is 44.2 Å². The second-order valence-electron chi connectivity index (χ2n) is 6.43. The number of hydrogen-bond acceptors (Lipinski definition) is 3. The van der Waals surface area contributed by atoms with Crippen LogP contribution in [0.3, 0.4) is 0 Å². The predicted molar refractivity (Wildman–Crippen MR) is 95.6 cm³/mol. The van der Waals surface area contributed by atoms with Crippen LogP contribution in [0.4, 0.5) is 5.69 Å². The Morgan fingerprint density at radius 2 is 2.00 bits per heavy atom. The molecule has 0 fully saturated rings. The molecule has 2 aromatic rings. The van der Waals surface area contributed by atoms with E-state index in [2.05, 4.69) is 10.3 Å². The van der Waals surface area contributed by atoms with E-state index in [1.54, 1.807) is 11.9 Å². The monoisotopic (exact) mass is 339 g/mol. The number of aromatic nitrogens is 1. The number of carbonyl (C=O) groups is 2. The standard InChI is InChI=1S/C19H21N3O3/c1-11-8-12(2)21-19(25)15(11)10-20-18(24)14-9-17(23)22(3)16-7-5-4-6-13(14)16/h4-8,14H,9-10H2,1-3H3,(H,20,24)(H,21,25). The third kappa shape index (κ3) is 3.20. The zero-order chi connectivity index (χ0) is 18.1. The van der Waals surface area contributed by atoms with Gasteiger partial charge in [0.05, 0.1) is 5.92 Å². The van der Waals surface area contributed by atoms with E-state index in [0.29, 0.717) is 5.56 Å². The van der Waals surface area contributed by atoms with Crippen molar-refractivity contribution in [1.29, 1.82) is 0 Å². The molecule has 3 rings (SSSR count). The summed E-state index contributed by atoms with van der Waals surface area (Å²) < 4.78 is 0. The number of benzene rings is 1. The maximum atomic E-state index is 12.7. The molecule has 2 heterocycles.